The molecule has 2 unspecified atom stereocenters. The Kier molecular flexibility index (Phi) is 4.24. The largest absolute Gasteiger partial charge is 0.388 e. The molecule has 0 saturated carbocycles. The van der Waals surface area contributed by atoms with Crippen LogP contribution in [0.25, 0.3) is 0 Å². The first kappa shape index (κ1) is 15.9. The third kappa shape index (κ3) is 2.76. The Hall–Kier alpha value is -0.520. The number of rotatable bonds is 4. The van der Waals surface area contributed by atoms with Crippen LogP contribution in [0.2, 0.25) is 0 Å². The van der Waals surface area contributed by atoms with E-state index in [4.69, 9.17) is 9.88 Å². The molecule has 1 aromatic heterocycles. The fourth-order valence-electron chi connectivity index (χ4n) is 2.02. The molecule has 0 saturated heterocycles. The lowest BCUT2D eigenvalue weighted by Gasteiger charge is -2.25. The number of hydrogen-bond donors (Lipinski definition) is 2. The minimum atomic E-state index is -3.99. The zero-order chi connectivity index (χ0) is 15.1. The number of primary sulfonamides is 1. The van der Waals surface area contributed by atoms with Gasteiger partial charge in [-0.1, -0.05) is 0 Å². The standard InChI is InChI=1S/C10H15NO6S3/c1-2-17-5-6-3-8(12)7-4-9(20(11,15)16)18-10(7)19(6,13)14/h4,6,8,12H,2-3,5H2,1H3,(H2,11,15,16). The Balaban J connectivity index is 2.51. The average molecular weight is 341 g/mol. The van der Waals surface area contributed by atoms with Gasteiger partial charge >= 0.3 is 0 Å². The molecule has 3 N–H and O–H groups in total. The van der Waals surface area contributed by atoms with Gasteiger partial charge in [-0.25, -0.2) is 22.0 Å². The number of fused-ring (bicyclic) bond motifs is 1. The number of hydrogen-bond acceptors (Lipinski definition) is 7. The Morgan fingerprint density at radius 2 is 2.20 bits per heavy atom. The monoisotopic (exact) mass is 341 g/mol. The smallest absolute Gasteiger partial charge is 0.247 e. The summed E-state index contributed by atoms with van der Waals surface area (Å²) in [4.78, 5) is 0. The van der Waals surface area contributed by atoms with Crippen LogP contribution in [-0.4, -0.2) is 40.4 Å². The second kappa shape index (κ2) is 5.35. The van der Waals surface area contributed by atoms with Gasteiger partial charge in [0.1, 0.15) is 8.42 Å². The molecule has 1 aromatic rings. The van der Waals surface area contributed by atoms with Gasteiger partial charge in [-0.3, -0.25) is 0 Å². The van der Waals surface area contributed by atoms with E-state index in [1.807, 2.05) is 0 Å². The highest BCUT2D eigenvalue weighted by molar-refractivity contribution is 7.95. The Labute approximate surface area is 121 Å². The molecule has 0 amide bonds. The molecule has 2 rings (SSSR count). The second-order valence-electron chi connectivity index (χ2n) is 4.43. The quantitative estimate of drug-likeness (QED) is 0.795. The van der Waals surface area contributed by atoms with Crippen molar-refractivity contribution in [2.75, 3.05) is 13.2 Å². The summed E-state index contributed by atoms with van der Waals surface area (Å²) < 4.78 is 52.1. The van der Waals surface area contributed by atoms with Crippen LogP contribution in [0.3, 0.4) is 0 Å². The molecule has 1 aliphatic heterocycles. The van der Waals surface area contributed by atoms with Crippen LogP contribution in [0, 0.1) is 0 Å². The number of sulfone groups is 1. The number of thiophene rings is 1. The zero-order valence-electron chi connectivity index (χ0n) is 10.6. The van der Waals surface area contributed by atoms with Crippen LogP contribution in [0.15, 0.2) is 14.5 Å². The number of sulfonamides is 1. The highest BCUT2D eigenvalue weighted by atomic mass is 32.3. The van der Waals surface area contributed by atoms with E-state index in [0.29, 0.717) is 17.9 Å². The van der Waals surface area contributed by atoms with Gasteiger partial charge in [0.25, 0.3) is 0 Å². The molecule has 20 heavy (non-hydrogen) atoms. The summed E-state index contributed by atoms with van der Waals surface area (Å²) in [5.74, 6) is 0. The Morgan fingerprint density at radius 3 is 2.75 bits per heavy atom. The molecule has 1 aliphatic rings. The van der Waals surface area contributed by atoms with Gasteiger partial charge in [-0.05, 0) is 19.4 Å². The van der Waals surface area contributed by atoms with Crippen molar-refractivity contribution in [2.45, 2.75) is 33.1 Å². The first-order valence-corrected chi connectivity index (χ1v) is 9.75. The molecular weight excluding hydrogens is 326 g/mol. The minimum Gasteiger partial charge on any atom is -0.388 e. The maximum absolute atomic E-state index is 12.4. The van der Waals surface area contributed by atoms with Gasteiger partial charge in [0.15, 0.2) is 9.84 Å². The van der Waals surface area contributed by atoms with E-state index in [1.54, 1.807) is 6.92 Å². The fourth-order valence-corrected chi connectivity index (χ4v) is 6.55. The first-order valence-electron chi connectivity index (χ1n) is 5.84. The SMILES string of the molecule is CCOCC1CC(O)c2cc(S(N)(=O)=O)sc2S1(=O)=O. The van der Waals surface area contributed by atoms with Crippen molar-refractivity contribution in [3.8, 4) is 0 Å². The van der Waals surface area contributed by atoms with E-state index in [0.717, 1.165) is 6.07 Å². The van der Waals surface area contributed by atoms with Gasteiger partial charge < -0.3 is 9.84 Å². The normalized spacial score (nSPS) is 25.4. The summed E-state index contributed by atoms with van der Waals surface area (Å²) in [6.07, 6.45) is -1.05. The molecule has 0 spiro atoms. The summed E-state index contributed by atoms with van der Waals surface area (Å²) >= 11 is 0.574. The molecule has 10 heteroatoms. The first-order chi connectivity index (χ1) is 9.17. The van der Waals surface area contributed by atoms with Crippen molar-refractivity contribution >= 4 is 31.2 Å². The van der Waals surface area contributed by atoms with E-state index in [9.17, 15) is 21.9 Å². The van der Waals surface area contributed by atoms with Crippen LogP contribution in [0.5, 0.6) is 0 Å². The molecule has 2 heterocycles. The molecule has 0 fully saturated rings. The second-order valence-corrected chi connectivity index (χ2v) is 9.70. The maximum Gasteiger partial charge on any atom is 0.247 e. The summed E-state index contributed by atoms with van der Waals surface area (Å²) in [5.41, 5.74) is 0.103. The van der Waals surface area contributed by atoms with Gasteiger partial charge in [0.05, 0.1) is 18.0 Å². The number of aliphatic hydroxyl groups excluding tert-OH is 1. The molecule has 0 bridgehead atoms. The number of ether oxygens (including phenoxy) is 1. The molecule has 114 valence electrons. The topological polar surface area (TPSA) is 124 Å². The highest BCUT2D eigenvalue weighted by Gasteiger charge is 2.41. The minimum absolute atomic E-state index is 0.0177. The van der Waals surface area contributed by atoms with Gasteiger partial charge in [0, 0.05) is 12.2 Å². The Bertz CT molecular complexity index is 705. The molecule has 0 radical (unpaired) electrons. The van der Waals surface area contributed by atoms with Gasteiger partial charge in [-0.15, -0.1) is 11.3 Å². The third-order valence-corrected chi connectivity index (χ3v) is 8.30. The van der Waals surface area contributed by atoms with E-state index in [-0.39, 0.29) is 27.0 Å². The van der Waals surface area contributed by atoms with Gasteiger partial charge in [0.2, 0.25) is 10.0 Å². The van der Waals surface area contributed by atoms with E-state index in [1.165, 1.54) is 0 Å². The average Bonchev–Trinajstić information content (AvgIpc) is 2.78. The lowest BCUT2D eigenvalue weighted by Crippen LogP contribution is -2.32. The van der Waals surface area contributed by atoms with Crippen LogP contribution < -0.4 is 5.14 Å². The van der Waals surface area contributed by atoms with Crippen LogP contribution in [-0.2, 0) is 24.6 Å². The molecular formula is C10H15NO6S3. The summed E-state index contributed by atoms with van der Waals surface area (Å²) in [7, 11) is -7.71. The number of aliphatic hydroxyl groups is 1. The number of nitrogens with two attached hydrogens (primary N) is 1. The predicted molar refractivity (Wildman–Crippen MR) is 72.7 cm³/mol. The van der Waals surface area contributed by atoms with Crippen molar-refractivity contribution in [2.24, 2.45) is 5.14 Å². The molecule has 0 aromatic carbocycles. The summed E-state index contributed by atoms with van der Waals surface area (Å²) in [6.45, 7) is 2.07. The van der Waals surface area contributed by atoms with Crippen molar-refractivity contribution < 1.29 is 26.7 Å². The molecule has 7 nitrogen and oxygen atoms in total. The Morgan fingerprint density at radius 1 is 1.55 bits per heavy atom. The predicted octanol–water partition coefficient (Wildman–Crippen LogP) is 0.0114. The highest BCUT2D eigenvalue weighted by Crippen LogP contribution is 2.42. The summed E-state index contributed by atoms with van der Waals surface area (Å²) in [5, 5.41) is 14.1. The zero-order valence-corrected chi connectivity index (χ0v) is 13.1. The summed E-state index contributed by atoms with van der Waals surface area (Å²) in [6, 6.07) is 1.13. The molecule has 2 atom stereocenters. The van der Waals surface area contributed by atoms with Crippen molar-refractivity contribution in [1.29, 1.82) is 0 Å². The van der Waals surface area contributed by atoms with E-state index >= 15 is 0 Å². The van der Waals surface area contributed by atoms with Gasteiger partial charge in [-0.2, -0.15) is 0 Å². The van der Waals surface area contributed by atoms with Crippen LogP contribution >= 0.6 is 11.3 Å². The lowest BCUT2D eigenvalue weighted by molar-refractivity contribution is 0.112. The van der Waals surface area contributed by atoms with Crippen molar-refractivity contribution in [1.82, 2.24) is 0 Å². The molecule has 0 aliphatic carbocycles. The maximum atomic E-state index is 12.4. The van der Waals surface area contributed by atoms with Crippen LogP contribution in [0.1, 0.15) is 25.0 Å². The van der Waals surface area contributed by atoms with Crippen molar-refractivity contribution in [3.63, 3.8) is 0 Å². The van der Waals surface area contributed by atoms with E-state index in [2.05, 4.69) is 0 Å². The lowest BCUT2D eigenvalue weighted by atomic mass is 10.1. The third-order valence-electron chi connectivity index (χ3n) is 3.03. The van der Waals surface area contributed by atoms with Crippen LogP contribution in [0.4, 0.5) is 0 Å². The van der Waals surface area contributed by atoms with Crippen molar-refractivity contribution in [3.05, 3.63) is 11.6 Å². The van der Waals surface area contributed by atoms with E-state index < -0.39 is 31.2 Å². The fraction of sp³-hybridized carbons (Fsp3) is 0.600.